The Hall–Kier alpha value is -1.19. The number of Topliss-reactive ketones (excluding diaryl/α,β-unsaturated/α-hetero) is 1. The Balaban J connectivity index is 2.02. The van der Waals surface area contributed by atoms with E-state index in [0.29, 0.717) is 0 Å². The van der Waals surface area contributed by atoms with E-state index in [-0.39, 0.29) is 11.8 Å². The number of carbonyl (C=O) groups excluding carboxylic acids is 1. The fourth-order valence-corrected chi connectivity index (χ4v) is 2.80. The van der Waals surface area contributed by atoms with Gasteiger partial charge in [0.05, 0.1) is 6.04 Å². The Kier molecular flexibility index (Phi) is 5.11. The largest absolute Gasteiger partial charge is 0.301 e. The van der Waals surface area contributed by atoms with E-state index in [1.807, 2.05) is 30.3 Å². The SMILES string of the molecule is CCC(C(=O)c1ccccc1)N1CCN(CC)CC1. The van der Waals surface area contributed by atoms with Gasteiger partial charge in [0.1, 0.15) is 0 Å². The second kappa shape index (κ2) is 6.83. The average Bonchev–Trinajstić information content (AvgIpc) is 2.49. The summed E-state index contributed by atoms with van der Waals surface area (Å²) in [4.78, 5) is 17.4. The van der Waals surface area contributed by atoms with Crippen LogP contribution < -0.4 is 0 Å². The highest BCUT2D eigenvalue weighted by Crippen LogP contribution is 2.14. The number of rotatable bonds is 5. The molecular formula is C16H24N2O. The summed E-state index contributed by atoms with van der Waals surface area (Å²) in [6.07, 6.45) is 0.889. The number of benzene rings is 1. The molecule has 1 fully saturated rings. The Bertz CT molecular complexity index is 396. The molecule has 19 heavy (non-hydrogen) atoms. The molecule has 1 aliphatic heterocycles. The minimum atomic E-state index is 0.0430. The first-order valence-electron chi connectivity index (χ1n) is 7.32. The van der Waals surface area contributed by atoms with Crippen LogP contribution in [-0.4, -0.2) is 54.3 Å². The molecule has 3 heteroatoms. The van der Waals surface area contributed by atoms with Crippen molar-refractivity contribution in [2.45, 2.75) is 26.3 Å². The number of nitrogens with zero attached hydrogens (tertiary/aromatic N) is 2. The van der Waals surface area contributed by atoms with E-state index in [2.05, 4.69) is 23.6 Å². The van der Waals surface area contributed by atoms with Crippen molar-refractivity contribution in [3.05, 3.63) is 35.9 Å². The topological polar surface area (TPSA) is 23.6 Å². The summed E-state index contributed by atoms with van der Waals surface area (Å²) in [7, 11) is 0. The van der Waals surface area contributed by atoms with Crippen LogP contribution in [0.5, 0.6) is 0 Å². The summed E-state index contributed by atoms with van der Waals surface area (Å²) in [6, 6.07) is 9.73. The molecule has 0 N–H and O–H groups in total. The van der Waals surface area contributed by atoms with Crippen LogP contribution in [0.3, 0.4) is 0 Å². The van der Waals surface area contributed by atoms with Gasteiger partial charge >= 0.3 is 0 Å². The zero-order valence-electron chi connectivity index (χ0n) is 12.0. The fraction of sp³-hybridized carbons (Fsp3) is 0.562. The maximum atomic E-state index is 12.6. The van der Waals surface area contributed by atoms with Gasteiger partial charge in [-0.15, -0.1) is 0 Å². The number of hydrogen-bond donors (Lipinski definition) is 0. The van der Waals surface area contributed by atoms with E-state index in [0.717, 1.165) is 44.7 Å². The van der Waals surface area contributed by atoms with Gasteiger partial charge in [0, 0.05) is 31.7 Å². The molecule has 104 valence electrons. The number of carbonyl (C=O) groups is 1. The number of ketones is 1. The Morgan fingerprint density at radius 3 is 2.26 bits per heavy atom. The molecule has 0 spiro atoms. The molecule has 3 nitrogen and oxygen atoms in total. The minimum absolute atomic E-state index is 0.0430. The third-order valence-corrected chi connectivity index (χ3v) is 4.04. The minimum Gasteiger partial charge on any atom is -0.301 e. The lowest BCUT2D eigenvalue weighted by Crippen LogP contribution is -2.52. The van der Waals surface area contributed by atoms with Crippen LogP contribution >= 0.6 is 0 Å². The van der Waals surface area contributed by atoms with Gasteiger partial charge in [0.15, 0.2) is 5.78 Å². The molecule has 1 aliphatic rings. The highest BCUT2D eigenvalue weighted by Gasteiger charge is 2.27. The molecule has 0 bridgehead atoms. The average molecular weight is 260 g/mol. The first kappa shape index (κ1) is 14.2. The summed E-state index contributed by atoms with van der Waals surface area (Å²) in [5.74, 6) is 0.271. The molecule has 1 aromatic rings. The van der Waals surface area contributed by atoms with Gasteiger partial charge in [0.2, 0.25) is 0 Å². The van der Waals surface area contributed by atoms with E-state index >= 15 is 0 Å². The van der Waals surface area contributed by atoms with Crippen molar-refractivity contribution < 1.29 is 4.79 Å². The van der Waals surface area contributed by atoms with Crippen molar-refractivity contribution in [1.29, 1.82) is 0 Å². The lowest BCUT2D eigenvalue weighted by Gasteiger charge is -2.38. The van der Waals surface area contributed by atoms with Crippen molar-refractivity contribution in [3.8, 4) is 0 Å². The quantitative estimate of drug-likeness (QED) is 0.759. The second-order valence-corrected chi connectivity index (χ2v) is 5.12. The highest BCUT2D eigenvalue weighted by atomic mass is 16.1. The van der Waals surface area contributed by atoms with Gasteiger partial charge in [-0.25, -0.2) is 0 Å². The van der Waals surface area contributed by atoms with E-state index in [1.54, 1.807) is 0 Å². The lowest BCUT2D eigenvalue weighted by molar-refractivity contribution is 0.0668. The molecule has 1 atom stereocenters. The molecular weight excluding hydrogens is 236 g/mol. The van der Waals surface area contributed by atoms with Crippen LogP contribution in [-0.2, 0) is 0 Å². The van der Waals surface area contributed by atoms with Crippen LogP contribution in [0.15, 0.2) is 30.3 Å². The summed E-state index contributed by atoms with van der Waals surface area (Å²) in [6.45, 7) is 9.58. The summed E-state index contributed by atoms with van der Waals surface area (Å²) >= 11 is 0. The number of likely N-dealkylation sites (N-methyl/N-ethyl adjacent to an activating group) is 1. The van der Waals surface area contributed by atoms with E-state index in [1.165, 1.54) is 0 Å². The van der Waals surface area contributed by atoms with Gasteiger partial charge in [-0.2, -0.15) is 0 Å². The second-order valence-electron chi connectivity index (χ2n) is 5.12. The molecule has 1 saturated heterocycles. The zero-order valence-corrected chi connectivity index (χ0v) is 12.0. The van der Waals surface area contributed by atoms with Crippen LogP contribution in [0.1, 0.15) is 30.6 Å². The fourth-order valence-electron chi connectivity index (χ4n) is 2.80. The molecule has 0 aliphatic carbocycles. The Morgan fingerprint density at radius 1 is 1.11 bits per heavy atom. The van der Waals surface area contributed by atoms with E-state index in [4.69, 9.17) is 0 Å². The Labute approximate surface area is 116 Å². The number of piperazine rings is 1. The predicted octanol–water partition coefficient (Wildman–Crippen LogP) is 2.29. The monoisotopic (exact) mass is 260 g/mol. The normalized spacial score (nSPS) is 19.3. The lowest BCUT2D eigenvalue weighted by atomic mass is 10.00. The van der Waals surface area contributed by atoms with Crippen molar-refractivity contribution in [1.82, 2.24) is 9.80 Å². The highest BCUT2D eigenvalue weighted by molar-refractivity contribution is 6.00. The van der Waals surface area contributed by atoms with Gasteiger partial charge in [-0.3, -0.25) is 9.69 Å². The van der Waals surface area contributed by atoms with Gasteiger partial charge < -0.3 is 4.90 Å². The third-order valence-electron chi connectivity index (χ3n) is 4.04. The predicted molar refractivity (Wildman–Crippen MR) is 78.5 cm³/mol. The van der Waals surface area contributed by atoms with Crippen molar-refractivity contribution in [2.24, 2.45) is 0 Å². The van der Waals surface area contributed by atoms with Crippen molar-refractivity contribution >= 4 is 5.78 Å². The van der Waals surface area contributed by atoms with Crippen LogP contribution in [0.2, 0.25) is 0 Å². The summed E-state index contributed by atoms with van der Waals surface area (Å²) in [5.41, 5.74) is 0.840. The first-order valence-corrected chi connectivity index (χ1v) is 7.32. The van der Waals surface area contributed by atoms with Crippen LogP contribution in [0.4, 0.5) is 0 Å². The smallest absolute Gasteiger partial charge is 0.179 e. The molecule has 1 aromatic carbocycles. The van der Waals surface area contributed by atoms with Gasteiger partial charge in [-0.05, 0) is 13.0 Å². The maximum absolute atomic E-state index is 12.6. The first-order chi connectivity index (χ1) is 9.26. The molecule has 0 saturated carbocycles. The molecule has 2 rings (SSSR count). The van der Waals surface area contributed by atoms with Crippen LogP contribution in [0, 0.1) is 0 Å². The Morgan fingerprint density at radius 2 is 1.74 bits per heavy atom. The van der Waals surface area contributed by atoms with Gasteiger partial charge in [0.25, 0.3) is 0 Å². The molecule has 1 heterocycles. The van der Waals surface area contributed by atoms with Gasteiger partial charge in [-0.1, -0.05) is 44.2 Å². The summed E-state index contributed by atoms with van der Waals surface area (Å²) < 4.78 is 0. The van der Waals surface area contributed by atoms with E-state index < -0.39 is 0 Å². The molecule has 0 aromatic heterocycles. The zero-order chi connectivity index (χ0) is 13.7. The van der Waals surface area contributed by atoms with Crippen molar-refractivity contribution in [3.63, 3.8) is 0 Å². The molecule has 0 amide bonds. The van der Waals surface area contributed by atoms with E-state index in [9.17, 15) is 4.79 Å². The number of hydrogen-bond acceptors (Lipinski definition) is 3. The molecule has 1 unspecified atom stereocenters. The maximum Gasteiger partial charge on any atom is 0.179 e. The summed E-state index contributed by atoms with van der Waals surface area (Å²) in [5, 5.41) is 0. The van der Waals surface area contributed by atoms with Crippen molar-refractivity contribution in [2.75, 3.05) is 32.7 Å². The standard InChI is InChI=1S/C16H24N2O/c1-3-15(16(19)14-8-6-5-7-9-14)18-12-10-17(4-2)11-13-18/h5-9,15H,3-4,10-13H2,1-2H3. The third kappa shape index (κ3) is 3.43. The van der Waals surface area contributed by atoms with Crippen LogP contribution in [0.25, 0.3) is 0 Å². The molecule has 0 radical (unpaired) electrons.